The van der Waals surface area contributed by atoms with Crippen molar-refractivity contribution in [1.82, 2.24) is 9.21 Å². The number of anilines is 1. The molecule has 0 fully saturated rings. The molecular formula is C26H25N3O4S. The van der Waals surface area contributed by atoms with Crippen LogP contribution in [0.4, 0.5) is 5.69 Å². The van der Waals surface area contributed by atoms with Crippen LogP contribution in [0, 0.1) is 0 Å². The number of carbonyl (C=O) groups excluding carboxylic acids is 2. The number of hydrogen-bond donors (Lipinski definition) is 1. The highest BCUT2D eigenvalue weighted by Gasteiger charge is 2.25. The van der Waals surface area contributed by atoms with Gasteiger partial charge in [0.1, 0.15) is 0 Å². The minimum atomic E-state index is -3.88. The first-order valence-corrected chi connectivity index (χ1v) is 12.2. The first kappa shape index (κ1) is 23.4. The molecule has 0 aliphatic heterocycles. The Hall–Kier alpha value is -3.75. The van der Waals surface area contributed by atoms with Gasteiger partial charge in [0.2, 0.25) is 21.8 Å². The van der Waals surface area contributed by atoms with Crippen LogP contribution in [0.5, 0.6) is 0 Å². The SMILES string of the molecule is CN(CC(=O)Nc1cccc2ccccc12)C(=O)CN(C)S(=O)(=O)c1ccc2ccccc2c1. The van der Waals surface area contributed by atoms with Gasteiger partial charge in [-0.25, -0.2) is 8.42 Å². The molecule has 0 heterocycles. The third-order valence-corrected chi connectivity index (χ3v) is 7.46. The summed E-state index contributed by atoms with van der Waals surface area (Å²) in [6.07, 6.45) is 0. The molecule has 0 aliphatic carbocycles. The number of likely N-dealkylation sites (N-methyl/N-ethyl adjacent to an activating group) is 2. The van der Waals surface area contributed by atoms with Gasteiger partial charge < -0.3 is 10.2 Å². The van der Waals surface area contributed by atoms with Crippen molar-refractivity contribution in [1.29, 1.82) is 0 Å². The molecule has 0 saturated heterocycles. The predicted octanol–water partition coefficient (Wildman–Crippen LogP) is 3.71. The third-order valence-electron chi connectivity index (χ3n) is 5.66. The lowest BCUT2D eigenvalue weighted by Gasteiger charge is -2.22. The molecule has 2 amide bonds. The molecule has 0 spiro atoms. The normalized spacial score (nSPS) is 11.6. The maximum absolute atomic E-state index is 13.0. The molecule has 0 bridgehead atoms. The van der Waals surface area contributed by atoms with E-state index in [1.807, 2.05) is 60.7 Å². The van der Waals surface area contributed by atoms with Gasteiger partial charge in [-0.05, 0) is 34.4 Å². The second kappa shape index (κ2) is 9.62. The average Bonchev–Trinajstić information content (AvgIpc) is 2.83. The fourth-order valence-corrected chi connectivity index (χ4v) is 4.89. The summed E-state index contributed by atoms with van der Waals surface area (Å²) in [7, 11) is -1.05. The van der Waals surface area contributed by atoms with Gasteiger partial charge in [-0.1, -0.05) is 66.7 Å². The number of carbonyl (C=O) groups is 2. The van der Waals surface area contributed by atoms with E-state index < -0.39 is 15.9 Å². The Morgan fingerprint density at radius 1 is 0.765 bits per heavy atom. The summed E-state index contributed by atoms with van der Waals surface area (Å²) in [5, 5.41) is 6.44. The zero-order valence-electron chi connectivity index (χ0n) is 18.9. The van der Waals surface area contributed by atoms with Crippen molar-refractivity contribution in [2.75, 3.05) is 32.5 Å². The Bertz CT molecular complexity index is 1480. The molecule has 0 aromatic heterocycles. The first-order chi connectivity index (χ1) is 16.3. The van der Waals surface area contributed by atoms with E-state index in [0.29, 0.717) is 5.69 Å². The number of nitrogens with one attached hydrogen (secondary N) is 1. The quantitative estimate of drug-likeness (QED) is 0.442. The van der Waals surface area contributed by atoms with Crippen LogP contribution >= 0.6 is 0 Å². The zero-order valence-corrected chi connectivity index (χ0v) is 19.7. The molecule has 0 unspecified atom stereocenters. The lowest BCUT2D eigenvalue weighted by Crippen LogP contribution is -2.42. The Balaban J connectivity index is 1.40. The number of hydrogen-bond acceptors (Lipinski definition) is 4. The maximum Gasteiger partial charge on any atom is 0.244 e. The van der Waals surface area contributed by atoms with Crippen LogP contribution in [0.15, 0.2) is 89.8 Å². The minimum Gasteiger partial charge on any atom is -0.335 e. The van der Waals surface area contributed by atoms with Crippen LogP contribution in [0.3, 0.4) is 0 Å². The van der Waals surface area contributed by atoms with Crippen LogP contribution in [-0.4, -0.2) is 56.6 Å². The lowest BCUT2D eigenvalue weighted by atomic mass is 10.1. The summed E-state index contributed by atoms with van der Waals surface area (Å²) < 4.78 is 27.0. The summed E-state index contributed by atoms with van der Waals surface area (Å²) >= 11 is 0. The molecule has 0 saturated carbocycles. The number of sulfonamides is 1. The van der Waals surface area contributed by atoms with Crippen molar-refractivity contribution in [3.05, 3.63) is 84.9 Å². The smallest absolute Gasteiger partial charge is 0.244 e. The van der Waals surface area contributed by atoms with E-state index in [4.69, 9.17) is 0 Å². The van der Waals surface area contributed by atoms with Crippen LogP contribution in [0.25, 0.3) is 21.5 Å². The predicted molar refractivity (Wildman–Crippen MR) is 134 cm³/mol. The number of nitrogens with zero attached hydrogens (tertiary/aromatic N) is 2. The van der Waals surface area contributed by atoms with Crippen molar-refractivity contribution in [3.8, 4) is 0 Å². The summed E-state index contributed by atoms with van der Waals surface area (Å²) in [6, 6.07) is 25.6. The van der Waals surface area contributed by atoms with Crippen LogP contribution < -0.4 is 5.32 Å². The fourth-order valence-electron chi connectivity index (χ4n) is 3.73. The second-order valence-electron chi connectivity index (χ2n) is 8.09. The van der Waals surface area contributed by atoms with Gasteiger partial charge >= 0.3 is 0 Å². The number of benzene rings is 4. The van der Waals surface area contributed by atoms with Crippen molar-refractivity contribution in [2.45, 2.75) is 4.90 Å². The largest absolute Gasteiger partial charge is 0.335 e. The Kier molecular flexibility index (Phi) is 6.63. The Morgan fingerprint density at radius 3 is 2.18 bits per heavy atom. The molecule has 8 heteroatoms. The van der Waals surface area contributed by atoms with Gasteiger partial charge in [-0.2, -0.15) is 4.31 Å². The maximum atomic E-state index is 13.0. The molecule has 0 aliphatic rings. The molecule has 4 aromatic carbocycles. The topological polar surface area (TPSA) is 86.8 Å². The molecule has 4 rings (SSSR count). The minimum absolute atomic E-state index is 0.109. The third kappa shape index (κ3) is 4.93. The van der Waals surface area contributed by atoms with Crippen molar-refractivity contribution in [2.24, 2.45) is 0 Å². The molecule has 1 N–H and O–H groups in total. The van der Waals surface area contributed by atoms with E-state index in [9.17, 15) is 18.0 Å². The van der Waals surface area contributed by atoms with Crippen LogP contribution in [-0.2, 0) is 19.6 Å². The first-order valence-electron chi connectivity index (χ1n) is 10.7. The number of rotatable bonds is 7. The summed E-state index contributed by atoms with van der Waals surface area (Å²) in [5.41, 5.74) is 0.653. The molecule has 0 radical (unpaired) electrons. The highest BCUT2D eigenvalue weighted by molar-refractivity contribution is 7.89. The van der Waals surface area contributed by atoms with Gasteiger partial charge in [-0.15, -0.1) is 0 Å². The summed E-state index contributed by atoms with van der Waals surface area (Å²) in [5.74, 6) is -0.854. The number of amides is 2. The molecular weight excluding hydrogens is 450 g/mol. The van der Waals surface area contributed by atoms with E-state index in [2.05, 4.69) is 5.32 Å². The van der Waals surface area contributed by atoms with Gasteiger partial charge in [0.25, 0.3) is 0 Å². The van der Waals surface area contributed by atoms with Crippen LogP contribution in [0.2, 0.25) is 0 Å². The zero-order chi connectivity index (χ0) is 24.3. The van der Waals surface area contributed by atoms with E-state index in [1.54, 1.807) is 18.2 Å². The molecule has 174 valence electrons. The highest BCUT2D eigenvalue weighted by Crippen LogP contribution is 2.23. The van der Waals surface area contributed by atoms with Gasteiger partial charge in [-0.3, -0.25) is 9.59 Å². The standard InChI is InChI=1S/C26H25N3O4S/c1-28(17-25(30)27-24-13-7-11-20-9-5-6-12-23(20)24)26(31)18-29(2)34(32,33)22-15-14-19-8-3-4-10-21(19)16-22/h3-16H,17-18H2,1-2H3,(H,27,30). The summed E-state index contributed by atoms with van der Waals surface area (Å²) in [4.78, 5) is 26.6. The van der Waals surface area contributed by atoms with Crippen LogP contribution in [0.1, 0.15) is 0 Å². The fraction of sp³-hybridized carbons (Fsp3) is 0.154. The molecule has 0 atom stereocenters. The van der Waals surface area contributed by atoms with E-state index in [1.165, 1.54) is 25.1 Å². The Labute approximate surface area is 198 Å². The molecule has 4 aromatic rings. The molecule has 7 nitrogen and oxygen atoms in total. The summed E-state index contributed by atoms with van der Waals surface area (Å²) in [6.45, 7) is -0.584. The van der Waals surface area contributed by atoms with Gasteiger partial charge in [0.15, 0.2) is 0 Å². The van der Waals surface area contributed by atoms with Crippen molar-refractivity contribution >= 4 is 49.1 Å². The average molecular weight is 476 g/mol. The van der Waals surface area contributed by atoms with E-state index in [0.717, 1.165) is 25.9 Å². The van der Waals surface area contributed by atoms with E-state index in [-0.39, 0.29) is 23.9 Å². The number of fused-ring (bicyclic) bond motifs is 2. The Morgan fingerprint density at radius 2 is 1.41 bits per heavy atom. The van der Waals surface area contributed by atoms with Gasteiger partial charge in [0.05, 0.1) is 18.0 Å². The highest BCUT2D eigenvalue weighted by atomic mass is 32.2. The van der Waals surface area contributed by atoms with Crippen molar-refractivity contribution < 1.29 is 18.0 Å². The molecule has 34 heavy (non-hydrogen) atoms. The van der Waals surface area contributed by atoms with E-state index >= 15 is 0 Å². The van der Waals surface area contributed by atoms with Crippen molar-refractivity contribution in [3.63, 3.8) is 0 Å². The van der Waals surface area contributed by atoms with Gasteiger partial charge in [0, 0.05) is 25.2 Å². The second-order valence-corrected chi connectivity index (χ2v) is 10.1. The monoisotopic (exact) mass is 475 g/mol. The lowest BCUT2D eigenvalue weighted by molar-refractivity contribution is -0.133.